The predicted octanol–water partition coefficient (Wildman–Crippen LogP) is 1.30. The monoisotopic (exact) mass is 224 g/mol. The van der Waals surface area contributed by atoms with Crippen LogP contribution in [0.5, 0.6) is 5.75 Å². The number of ether oxygens (including phenoxy) is 1. The number of nitrogens with two attached hydrogens (primary N) is 1. The highest BCUT2D eigenvalue weighted by atomic mass is 35.5. The van der Waals surface area contributed by atoms with Crippen LogP contribution < -0.4 is 10.5 Å². The van der Waals surface area contributed by atoms with Crippen LogP contribution in [0.25, 0.3) is 0 Å². The fraction of sp³-hybridized carbons (Fsp3) is 0.200. The predicted molar refractivity (Wildman–Crippen MR) is 55.7 cm³/mol. The number of amides is 1. The second-order valence-corrected chi connectivity index (χ2v) is 3.29. The summed E-state index contributed by atoms with van der Waals surface area (Å²) < 4.78 is 5.20. The summed E-state index contributed by atoms with van der Waals surface area (Å²) in [6, 6.07) is 8.34. The first-order valence-corrected chi connectivity index (χ1v) is 4.64. The first-order valence-electron chi connectivity index (χ1n) is 4.20. The van der Waals surface area contributed by atoms with Crippen LogP contribution in [0.4, 0.5) is 0 Å². The topological polar surface area (TPSA) is 76.1 Å². The van der Waals surface area contributed by atoms with Gasteiger partial charge in [0.2, 0.25) is 0 Å². The third kappa shape index (κ3) is 3.15. The summed E-state index contributed by atoms with van der Waals surface area (Å²) in [5.41, 5.74) is 5.41. The highest BCUT2D eigenvalue weighted by Crippen LogP contribution is 2.17. The SMILES string of the molecule is N#CC(Cl)COc1ccccc1C(N)=O. The fourth-order valence-electron chi connectivity index (χ4n) is 0.996. The lowest BCUT2D eigenvalue weighted by Crippen LogP contribution is -2.15. The lowest BCUT2D eigenvalue weighted by molar-refractivity contribution is 0.0996. The molecule has 78 valence electrons. The van der Waals surface area contributed by atoms with E-state index in [9.17, 15) is 4.79 Å². The molecule has 0 spiro atoms. The number of hydrogen-bond donors (Lipinski definition) is 1. The molecule has 1 amide bonds. The number of rotatable bonds is 4. The van der Waals surface area contributed by atoms with Crippen molar-refractivity contribution < 1.29 is 9.53 Å². The number of halogens is 1. The Balaban J connectivity index is 2.77. The Kier molecular flexibility index (Phi) is 3.95. The average Bonchev–Trinajstić information content (AvgIpc) is 2.26. The van der Waals surface area contributed by atoms with Gasteiger partial charge < -0.3 is 10.5 Å². The maximum atomic E-state index is 11.0. The molecule has 0 aliphatic carbocycles. The molecule has 0 aliphatic rings. The number of benzene rings is 1. The molecule has 0 saturated carbocycles. The molecule has 5 heteroatoms. The van der Waals surface area contributed by atoms with Gasteiger partial charge in [0.25, 0.3) is 5.91 Å². The maximum Gasteiger partial charge on any atom is 0.252 e. The van der Waals surface area contributed by atoms with Gasteiger partial charge >= 0.3 is 0 Å². The summed E-state index contributed by atoms with van der Waals surface area (Å²) in [6.45, 7) is 0.0162. The minimum absolute atomic E-state index is 0.0162. The third-order valence-electron chi connectivity index (χ3n) is 1.68. The molecule has 1 atom stereocenters. The zero-order chi connectivity index (χ0) is 11.3. The van der Waals surface area contributed by atoms with E-state index in [4.69, 9.17) is 27.3 Å². The van der Waals surface area contributed by atoms with Crippen LogP contribution >= 0.6 is 11.6 Å². The first-order chi connectivity index (χ1) is 7.15. The largest absolute Gasteiger partial charge is 0.490 e. The van der Waals surface area contributed by atoms with Crippen molar-refractivity contribution in [2.75, 3.05) is 6.61 Å². The molecule has 4 nitrogen and oxygen atoms in total. The lowest BCUT2D eigenvalue weighted by atomic mass is 10.2. The summed E-state index contributed by atoms with van der Waals surface area (Å²) in [6.07, 6.45) is 0. The minimum atomic E-state index is -0.745. The van der Waals surface area contributed by atoms with E-state index in [0.29, 0.717) is 5.75 Å². The van der Waals surface area contributed by atoms with E-state index in [0.717, 1.165) is 0 Å². The van der Waals surface area contributed by atoms with Gasteiger partial charge in [0.05, 0.1) is 11.6 Å². The molecule has 2 N–H and O–H groups in total. The van der Waals surface area contributed by atoms with Gasteiger partial charge in [0.1, 0.15) is 12.4 Å². The van der Waals surface area contributed by atoms with Crippen molar-refractivity contribution >= 4 is 17.5 Å². The highest BCUT2D eigenvalue weighted by Gasteiger charge is 2.10. The number of hydrogen-bond acceptors (Lipinski definition) is 3. The summed E-state index contributed by atoms with van der Waals surface area (Å²) >= 11 is 5.54. The van der Waals surface area contributed by atoms with E-state index < -0.39 is 11.3 Å². The van der Waals surface area contributed by atoms with Crippen LogP contribution in [0.2, 0.25) is 0 Å². The van der Waals surface area contributed by atoms with Crippen molar-refractivity contribution in [1.82, 2.24) is 0 Å². The zero-order valence-electron chi connectivity index (χ0n) is 7.81. The molecule has 0 heterocycles. The van der Waals surface area contributed by atoms with Gasteiger partial charge in [0.15, 0.2) is 5.38 Å². The molecular weight excluding hydrogens is 216 g/mol. The fourth-order valence-corrected chi connectivity index (χ4v) is 1.06. The van der Waals surface area contributed by atoms with Gasteiger partial charge in [-0.1, -0.05) is 12.1 Å². The minimum Gasteiger partial charge on any atom is -0.490 e. The Morgan fingerprint density at radius 1 is 1.60 bits per heavy atom. The Morgan fingerprint density at radius 2 is 2.27 bits per heavy atom. The number of nitrogens with zero attached hydrogens (tertiary/aromatic N) is 1. The molecule has 0 aliphatic heterocycles. The summed E-state index contributed by atoms with van der Waals surface area (Å²) in [4.78, 5) is 11.0. The molecule has 0 saturated heterocycles. The van der Waals surface area contributed by atoms with Gasteiger partial charge in [-0.15, -0.1) is 11.6 Å². The Bertz CT molecular complexity index is 401. The molecule has 1 aromatic rings. The summed E-state index contributed by atoms with van der Waals surface area (Å²) in [7, 11) is 0. The van der Waals surface area contributed by atoms with E-state index >= 15 is 0 Å². The number of carbonyl (C=O) groups excluding carboxylic acids is 1. The van der Waals surface area contributed by atoms with Crippen LogP contribution in [0.3, 0.4) is 0 Å². The van der Waals surface area contributed by atoms with Gasteiger partial charge in [-0.2, -0.15) is 5.26 Å². The van der Waals surface area contributed by atoms with E-state index in [-0.39, 0.29) is 12.2 Å². The van der Waals surface area contributed by atoms with Crippen LogP contribution in [-0.2, 0) is 0 Å². The molecular formula is C10H9ClN2O2. The van der Waals surface area contributed by atoms with Crippen molar-refractivity contribution in [2.24, 2.45) is 5.73 Å². The highest BCUT2D eigenvalue weighted by molar-refractivity contribution is 6.22. The van der Waals surface area contributed by atoms with Gasteiger partial charge in [-0.3, -0.25) is 4.79 Å². The van der Waals surface area contributed by atoms with E-state index in [2.05, 4.69) is 0 Å². The summed E-state index contributed by atoms with van der Waals surface area (Å²) in [5, 5.41) is 7.69. The van der Waals surface area contributed by atoms with Crippen molar-refractivity contribution in [1.29, 1.82) is 5.26 Å². The average molecular weight is 225 g/mol. The molecule has 0 aromatic heterocycles. The number of alkyl halides is 1. The quantitative estimate of drug-likeness (QED) is 0.783. The van der Waals surface area contributed by atoms with Gasteiger partial charge in [-0.05, 0) is 12.1 Å². The number of nitriles is 1. The molecule has 0 radical (unpaired) electrons. The number of primary amides is 1. The third-order valence-corrected chi connectivity index (χ3v) is 1.90. The molecule has 1 aromatic carbocycles. The molecule has 1 unspecified atom stereocenters. The normalized spacial score (nSPS) is 11.5. The molecule has 1 rings (SSSR count). The van der Waals surface area contributed by atoms with Crippen LogP contribution in [-0.4, -0.2) is 17.9 Å². The van der Waals surface area contributed by atoms with Crippen molar-refractivity contribution in [3.63, 3.8) is 0 Å². The van der Waals surface area contributed by atoms with Crippen LogP contribution in [0.1, 0.15) is 10.4 Å². The standard InChI is InChI=1S/C10H9ClN2O2/c11-7(5-12)6-15-9-4-2-1-3-8(9)10(13)14/h1-4,7H,6H2,(H2,13,14). The number of para-hydroxylation sites is 1. The maximum absolute atomic E-state index is 11.0. The van der Waals surface area contributed by atoms with Gasteiger partial charge in [0, 0.05) is 0 Å². The molecule has 0 fully saturated rings. The van der Waals surface area contributed by atoms with Crippen molar-refractivity contribution in [2.45, 2.75) is 5.38 Å². The summed E-state index contributed by atoms with van der Waals surface area (Å²) in [5.74, 6) is -0.236. The second-order valence-electron chi connectivity index (χ2n) is 2.77. The Labute approximate surface area is 92.2 Å². The first kappa shape index (κ1) is 11.3. The van der Waals surface area contributed by atoms with Crippen LogP contribution in [0.15, 0.2) is 24.3 Å². The van der Waals surface area contributed by atoms with Crippen LogP contribution in [0, 0.1) is 11.3 Å². The van der Waals surface area contributed by atoms with E-state index in [1.54, 1.807) is 24.3 Å². The smallest absolute Gasteiger partial charge is 0.252 e. The Morgan fingerprint density at radius 3 is 2.87 bits per heavy atom. The van der Waals surface area contributed by atoms with E-state index in [1.807, 2.05) is 6.07 Å². The molecule has 15 heavy (non-hydrogen) atoms. The molecule has 0 bridgehead atoms. The number of carbonyl (C=O) groups is 1. The second kappa shape index (κ2) is 5.23. The van der Waals surface area contributed by atoms with Gasteiger partial charge in [-0.25, -0.2) is 0 Å². The Hall–Kier alpha value is -1.73. The van der Waals surface area contributed by atoms with Crippen molar-refractivity contribution in [3.05, 3.63) is 29.8 Å². The lowest BCUT2D eigenvalue weighted by Gasteiger charge is -2.08. The van der Waals surface area contributed by atoms with E-state index in [1.165, 1.54) is 0 Å². The van der Waals surface area contributed by atoms with Crippen molar-refractivity contribution in [3.8, 4) is 11.8 Å². The zero-order valence-corrected chi connectivity index (χ0v) is 8.57.